The van der Waals surface area contributed by atoms with E-state index in [1.807, 2.05) is 54.6 Å². The number of para-hydroxylation sites is 2. The molecule has 1 aliphatic rings. The Labute approximate surface area is 262 Å². The number of esters is 1. The van der Waals surface area contributed by atoms with E-state index in [1.54, 1.807) is 23.6 Å². The Hall–Kier alpha value is -4.73. The number of halogens is 1. The average molecular weight is 622 g/mol. The van der Waals surface area contributed by atoms with Gasteiger partial charge in [-0.3, -0.25) is 9.36 Å². The number of rotatable bonds is 6. The van der Waals surface area contributed by atoms with Crippen LogP contribution in [0.4, 0.5) is 10.8 Å². The van der Waals surface area contributed by atoms with Crippen molar-refractivity contribution in [2.75, 3.05) is 17.7 Å². The second kappa shape index (κ2) is 11.4. The molecule has 3 N–H and O–H groups in total. The number of fused-ring (bicyclic) bond motifs is 3. The van der Waals surface area contributed by atoms with Crippen LogP contribution < -0.4 is 11.1 Å². The largest absolute Gasteiger partial charge is 0.462 e. The number of nitrogens with two attached hydrogens (primary N) is 1. The van der Waals surface area contributed by atoms with E-state index in [1.165, 1.54) is 16.9 Å². The lowest BCUT2D eigenvalue weighted by atomic mass is 9.83. The fraction of sp³-hybridized carbons (Fsp3) is 0.176. The number of nitrogens with one attached hydrogen (secondary N) is 1. The monoisotopic (exact) mass is 621 g/mol. The third kappa shape index (κ3) is 4.88. The molecule has 8 nitrogen and oxygen atoms in total. The van der Waals surface area contributed by atoms with E-state index < -0.39 is 11.9 Å². The van der Waals surface area contributed by atoms with Gasteiger partial charge in [0.1, 0.15) is 21.9 Å². The lowest BCUT2D eigenvalue weighted by molar-refractivity contribution is 0.0526. The molecule has 0 bridgehead atoms. The second-order valence-corrected chi connectivity index (χ2v) is 12.2. The van der Waals surface area contributed by atoms with Gasteiger partial charge in [0, 0.05) is 15.6 Å². The van der Waals surface area contributed by atoms with Gasteiger partial charge in [-0.1, -0.05) is 54.1 Å². The zero-order valence-corrected chi connectivity index (χ0v) is 25.4. The van der Waals surface area contributed by atoms with Gasteiger partial charge < -0.3 is 15.8 Å². The number of anilines is 2. The third-order valence-electron chi connectivity index (χ3n) is 8.05. The number of amides is 1. The number of ether oxygens (including phenoxy) is 1. The average Bonchev–Trinajstić information content (AvgIpc) is 3.53. The quantitative estimate of drug-likeness (QED) is 0.186. The van der Waals surface area contributed by atoms with Gasteiger partial charge in [0.25, 0.3) is 5.91 Å². The van der Waals surface area contributed by atoms with Crippen LogP contribution in [0.2, 0.25) is 5.02 Å². The summed E-state index contributed by atoms with van der Waals surface area (Å²) in [5.74, 6) is -0.412. The highest BCUT2D eigenvalue weighted by atomic mass is 35.5. The first-order valence-corrected chi connectivity index (χ1v) is 15.6. The number of thiophene rings is 1. The maximum absolute atomic E-state index is 14.2. The number of nitrogen functional groups attached to an aromatic ring is 1. The maximum atomic E-state index is 14.2. The summed E-state index contributed by atoms with van der Waals surface area (Å²) >= 11 is 7.59. The van der Waals surface area contributed by atoms with Crippen molar-refractivity contribution in [2.24, 2.45) is 0 Å². The van der Waals surface area contributed by atoms with E-state index in [0.29, 0.717) is 55.8 Å². The van der Waals surface area contributed by atoms with Crippen LogP contribution in [0.5, 0.6) is 0 Å². The normalized spacial score (nSPS) is 14.5. The smallest absolute Gasteiger partial charge is 0.341 e. The Morgan fingerprint density at radius 2 is 1.70 bits per heavy atom. The molecule has 0 saturated carbocycles. The molecule has 10 heteroatoms. The fourth-order valence-corrected chi connectivity index (χ4v) is 7.44. The van der Waals surface area contributed by atoms with Crippen molar-refractivity contribution >= 4 is 67.8 Å². The molecule has 3 heterocycles. The van der Waals surface area contributed by atoms with Gasteiger partial charge in [0.05, 0.1) is 23.2 Å². The minimum absolute atomic E-state index is 0.177. The van der Waals surface area contributed by atoms with Crippen molar-refractivity contribution < 1.29 is 14.3 Å². The van der Waals surface area contributed by atoms with Gasteiger partial charge in [0.15, 0.2) is 5.65 Å². The highest BCUT2D eigenvalue weighted by molar-refractivity contribution is 7.17. The molecule has 44 heavy (non-hydrogen) atoms. The van der Waals surface area contributed by atoms with Crippen molar-refractivity contribution in [1.29, 1.82) is 0 Å². The first-order valence-electron chi connectivity index (χ1n) is 14.4. The summed E-state index contributed by atoms with van der Waals surface area (Å²) in [6.07, 6.45) is 2.39. The van der Waals surface area contributed by atoms with Crippen molar-refractivity contribution in [3.8, 4) is 5.69 Å². The highest BCUT2D eigenvalue weighted by Crippen LogP contribution is 2.43. The Balaban J connectivity index is 1.33. The molecule has 0 aliphatic heterocycles. The molecule has 0 spiro atoms. The molecule has 0 unspecified atom stereocenters. The Morgan fingerprint density at radius 1 is 1.00 bits per heavy atom. The SMILES string of the molecule is CCOC(=O)c1c(NC(=O)c2c(N)n(-c3ccc(Cl)cc3)c3nc4ccccc4nc23)sc2c1CC[C@H](c1ccccc1)C2. The van der Waals surface area contributed by atoms with Crippen molar-refractivity contribution in [3.05, 3.63) is 111 Å². The van der Waals surface area contributed by atoms with Gasteiger partial charge in [-0.2, -0.15) is 0 Å². The lowest BCUT2D eigenvalue weighted by Gasteiger charge is -2.23. The van der Waals surface area contributed by atoms with Crippen LogP contribution in [-0.2, 0) is 17.6 Å². The topological polar surface area (TPSA) is 112 Å². The maximum Gasteiger partial charge on any atom is 0.341 e. The van der Waals surface area contributed by atoms with E-state index in [0.717, 1.165) is 23.3 Å². The summed E-state index contributed by atoms with van der Waals surface area (Å²) in [6.45, 7) is 2.00. The number of hydrogen-bond acceptors (Lipinski definition) is 7. The van der Waals surface area contributed by atoms with Crippen molar-refractivity contribution in [1.82, 2.24) is 14.5 Å². The third-order valence-corrected chi connectivity index (χ3v) is 9.47. The molecular formula is C34H28ClN5O3S. The van der Waals surface area contributed by atoms with E-state index in [4.69, 9.17) is 32.0 Å². The van der Waals surface area contributed by atoms with Crippen LogP contribution in [0, 0.1) is 0 Å². The summed E-state index contributed by atoms with van der Waals surface area (Å²) in [6, 6.07) is 25.0. The molecule has 0 radical (unpaired) electrons. The molecular weight excluding hydrogens is 594 g/mol. The number of benzene rings is 3. The summed E-state index contributed by atoms with van der Waals surface area (Å²) < 4.78 is 7.16. The number of aromatic nitrogens is 3. The minimum atomic E-state index is -0.478. The zero-order valence-electron chi connectivity index (χ0n) is 23.8. The molecule has 0 fully saturated rings. The first kappa shape index (κ1) is 28.1. The fourth-order valence-electron chi connectivity index (χ4n) is 6.01. The van der Waals surface area contributed by atoms with Crippen LogP contribution in [0.25, 0.3) is 27.9 Å². The van der Waals surface area contributed by atoms with E-state index in [2.05, 4.69) is 17.4 Å². The van der Waals surface area contributed by atoms with Crippen molar-refractivity contribution in [2.45, 2.75) is 32.1 Å². The molecule has 1 amide bonds. The summed E-state index contributed by atoms with van der Waals surface area (Å²) in [7, 11) is 0. The molecule has 0 saturated heterocycles. The Kier molecular flexibility index (Phi) is 7.27. The molecule has 3 aromatic carbocycles. The Bertz CT molecular complexity index is 2050. The molecule has 7 rings (SSSR count). The highest BCUT2D eigenvalue weighted by Gasteiger charge is 2.32. The van der Waals surface area contributed by atoms with Gasteiger partial charge in [-0.25, -0.2) is 14.8 Å². The number of carbonyl (C=O) groups excluding carboxylic acids is 2. The predicted octanol–water partition coefficient (Wildman–Crippen LogP) is 7.57. The number of hydrogen-bond donors (Lipinski definition) is 2. The molecule has 220 valence electrons. The molecule has 1 aliphatic carbocycles. The number of carbonyl (C=O) groups is 2. The van der Waals surface area contributed by atoms with Crippen LogP contribution in [0.3, 0.4) is 0 Å². The van der Waals surface area contributed by atoms with Crippen LogP contribution in [0.1, 0.15) is 56.0 Å². The minimum Gasteiger partial charge on any atom is -0.462 e. The zero-order chi connectivity index (χ0) is 30.4. The standard InChI is InChI=1S/C34H28ClN5O3S/c1-2-43-34(42)27-23-17-12-20(19-8-4-3-5-9-19)18-26(23)44-33(27)39-32(41)28-29-31(38-25-11-7-6-10-24(25)37-29)40(30(28)36)22-15-13-21(35)14-16-22/h3-11,13-16,20H,2,12,17-18,36H2,1H3,(H,39,41)/t20-/m0/s1. The molecule has 3 aromatic heterocycles. The van der Waals surface area contributed by atoms with Gasteiger partial charge in [-0.15, -0.1) is 11.3 Å². The molecule has 1 atom stereocenters. The summed E-state index contributed by atoms with van der Waals surface area (Å²) in [4.78, 5) is 38.2. The first-order chi connectivity index (χ1) is 21.4. The van der Waals surface area contributed by atoms with E-state index in [9.17, 15) is 9.59 Å². The van der Waals surface area contributed by atoms with Gasteiger partial charge in [0.2, 0.25) is 0 Å². The predicted molar refractivity (Wildman–Crippen MR) is 175 cm³/mol. The van der Waals surface area contributed by atoms with Crippen molar-refractivity contribution in [3.63, 3.8) is 0 Å². The van der Waals surface area contributed by atoms with Crippen LogP contribution in [-0.4, -0.2) is 33.0 Å². The van der Waals surface area contributed by atoms with Gasteiger partial charge >= 0.3 is 5.97 Å². The molecule has 6 aromatic rings. The van der Waals surface area contributed by atoms with E-state index in [-0.39, 0.29) is 18.0 Å². The second-order valence-electron chi connectivity index (χ2n) is 10.7. The Morgan fingerprint density at radius 3 is 2.43 bits per heavy atom. The van der Waals surface area contributed by atoms with Gasteiger partial charge in [-0.05, 0) is 79.6 Å². The lowest BCUT2D eigenvalue weighted by Crippen LogP contribution is -2.18. The summed E-state index contributed by atoms with van der Waals surface area (Å²) in [5, 5.41) is 4.05. The van der Waals surface area contributed by atoms with Crippen LogP contribution in [0.15, 0.2) is 78.9 Å². The van der Waals surface area contributed by atoms with E-state index >= 15 is 0 Å². The number of nitrogens with zero attached hydrogens (tertiary/aromatic N) is 3. The van der Waals surface area contributed by atoms with Crippen LogP contribution >= 0.6 is 22.9 Å². The summed E-state index contributed by atoms with van der Waals surface area (Å²) in [5.41, 5.74) is 12.3.